The molecule has 2 aliphatic heterocycles. The molecule has 2 fully saturated rings. The first-order valence-corrected chi connectivity index (χ1v) is 17.2. The fraction of sp³-hybridized carbons (Fsp3) is 0.385. The predicted molar refractivity (Wildman–Crippen MR) is 190 cm³/mol. The van der Waals surface area contributed by atoms with Crippen molar-refractivity contribution in [3.8, 4) is 17.3 Å². The molecule has 48 heavy (non-hydrogen) atoms. The highest BCUT2D eigenvalue weighted by atomic mass is 19.1. The quantitative estimate of drug-likeness (QED) is 0.188. The van der Waals surface area contributed by atoms with E-state index in [1.807, 2.05) is 26.1 Å². The van der Waals surface area contributed by atoms with Crippen LogP contribution in [0.25, 0.3) is 38.5 Å². The van der Waals surface area contributed by atoms with Crippen LogP contribution in [0.4, 0.5) is 14.6 Å². The number of hydrogen-bond acceptors (Lipinski definition) is 7. The molecule has 5 heterocycles. The zero-order valence-corrected chi connectivity index (χ0v) is 28.1. The van der Waals surface area contributed by atoms with Gasteiger partial charge >= 0.3 is 6.01 Å². The van der Waals surface area contributed by atoms with Gasteiger partial charge in [-0.2, -0.15) is 9.97 Å². The van der Waals surface area contributed by atoms with Gasteiger partial charge in [-0.25, -0.2) is 8.78 Å². The summed E-state index contributed by atoms with van der Waals surface area (Å²) < 4.78 is 38.0. The van der Waals surface area contributed by atoms with Crippen LogP contribution in [0.5, 0.6) is 6.01 Å². The van der Waals surface area contributed by atoms with Crippen molar-refractivity contribution in [3.63, 3.8) is 0 Å². The fourth-order valence-electron chi connectivity index (χ4n) is 7.76. The third kappa shape index (κ3) is 5.57. The lowest BCUT2D eigenvalue weighted by molar-refractivity contribution is 0.108. The third-order valence-electron chi connectivity index (χ3n) is 10.4. The summed E-state index contributed by atoms with van der Waals surface area (Å²) in [6, 6.07) is 14.3. The molecular weight excluding hydrogens is 606 g/mol. The van der Waals surface area contributed by atoms with Crippen molar-refractivity contribution >= 4 is 33.1 Å². The molecule has 5 aromatic rings. The summed E-state index contributed by atoms with van der Waals surface area (Å²) in [5.74, 6) is -0.0196. The maximum absolute atomic E-state index is 16.6. The lowest BCUT2D eigenvalue weighted by atomic mass is 9.81. The number of pyridine rings is 2. The lowest BCUT2D eigenvalue weighted by Crippen LogP contribution is -2.43. The smallest absolute Gasteiger partial charge is 0.319 e. The van der Waals surface area contributed by atoms with Crippen LogP contribution in [0.3, 0.4) is 0 Å². The molecular formula is C39H44F2N6O. The van der Waals surface area contributed by atoms with Crippen LogP contribution < -0.4 is 10.1 Å². The van der Waals surface area contributed by atoms with Crippen molar-refractivity contribution in [1.29, 1.82) is 0 Å². The van der Waals surface area contributed by atoms with E-state index in [4.69, 9.17) is 9.72 Å². The van der Waals surface area contributed by atoms with E-state index < -0.39 is 11.6 Å². The molecule has 0 bridgehead atoms. The molecule has 1 N–H and O–H groups in total. The average Bonchev–Trinajstić information content (AvgIpc) is 3.70. The summed E-state index contributed by atoms with van der Waals surface area (Å²) in [6.45, 7) is 11.4. The number of hydrogen-bond donors (Lipinski definition) is 1. The summed E-state index contributed by atoms with van der Waals surface area (Å²) in [5.41, 5.74) is 3.74. The van der Waals surface area contributed by atoms with E-state index in [2.05, 4.69) is 51.2 Å². The van der Waals surface area contributed by atoms with Gasteiger partial charge in [0.25, 0.3) is 0 Å². The minimum absolute atomic E-state index is 0. The number of rotatable bonds is 7. The minimum Gasteiger partial charge on any atom is -0.461 e. The molecule has 0 amide bonds. The van der Waals surface area contributed by atoms with Crippen molar-refractivity contribution in [2.45, 2.75) is 64.8 Å². The molecule has 7 nitrogen and oxygen atoms in total. The standard InChI is InChI=1S/C37H36F2N6O.C2H6.H2/c1-22-18-25(26-11-5-15-40-32(26)23(22)2)19-42-35-28-20-41-33(27-10-3-8-24-9-4-12-29(38)30(24)27)31(39)34(28)43-36(44-35)46-21-37-13-6-16-45(37)17-7-14-37;1-2;/h3-5,8-12,15,18,20,22-23H,6-7,13-14,16-17,19,21H2,1-2H3,(H,42,43,44);1-2H3;1H. The first-order valence-electron chi connectivity index (χ1n) is 17.2. The van der Waals surface area contributed by atoms with E-state index in [-0.39, 0.29) is 24.2 Å². The Morgan fingerprint density at radius 1 is 0.958 bits per heavy atom. The van der Waals surface area contributed by atoms with Crippen molar-refractivity contribution in [2.75, 3.05) is 31.6 Å². The zero-order valence-electron chi connectivity index (χ0n) is 28.1. The van der Waals surface area contributed by atoms with E-state index in [1.54, 1.807) is 36.5 Å². The van der Waals surface area contributed by atoms with Crippen LogP contribution in [-0.2, 0) is 0 Å². The third-order valence-corrected chi connectivity index (χ3v) is 10.4. The van der Waals surface area contributed by atoms with Gasteiger partial charge in [-0.1, -0.05) is 70.2 Å². The molecule has 3 aliphatic rings. The number of aromatic nitrogens is 4. The second-order valence-electron chi connectivity index (χ2n) is 13.0. The predicted octanol–water partition coefficient (Wildman–Crippen LogP) is 9.05. The number of anilines is 1. The molecule has 2 unspecified atom stereocenters. The van der Waals surface area contributed by atoms with Crippen LogP contribution >= 0.6 is 0 Å². The molecule has 2 aromatic carbocycles. The Morgan fingerprint density at radius 3 is 2.50 bits per heavy atom. The van der Waals surface area contributed by atoms with Crippen molar-refractivity contribution in [3.05, 3.63) is 89.9 Å². The number of nitrogens with zero attached hydrogens (tertiary/aromatic N) is 5. The van der Waals surface area contributed by atoms with E-state index >= 15 is 8.78 Å². The SMILES string of the molecule is CC.CC1C=C(CNc2nc(OCC34CCCN3CCC4)nc3c(F)c(-c4cccc5cccc(F)c45)ncc23)c2cccnc2C1C.[HH]. The highest BCUT2D eigenvalue weighted by Gasteiger charge is 2.45. The molecule has 1 aliphatic carbocycles. The number of nitrogens with one attached hydrogen (secondary N) is 1. The molecule has 3 aromatic heterocycles. The number of benzene rings is 2. The van der Waals surface area contributed by atoms with E-state index in [0.29, 0.717) is 52.5 Å². The lowest BCUT2D eigenvalue weighted by Gasteiger charge is -2.31. The summed E-state index contributed by atoms with van der Waals surface area (Å²) in [7, 11) is 0. The minimum atomic E-state index is -0.640. The van der Waals surface area contributed by atoms with Crippen molar-refractivity contribution in [2.24, 2.45) is 5.92 Å². The largest absolute Gasteiger partial charge is 0.461 e. The van der Waals surface area contributed by atoms with Crippen molar-refractivity contribution < 1.29 is 14.9 Å². The molecule has 0 radical (unpaired) electrons. The number of fused-ring (bicyclic) bond motifs is 4. The van der Waals surface area contributed by atoms with Gasteiger partial charge in [0, 0.05) is 42.8 Å². The first kappa shape index (κ1) is 32.1. The highest BCUT2D eigenvalue weighted by Crippen LogP contribution is 2.40. The Balaban J connectivity index is 0.00000136. The second kappa shape index (κ2) is 13.2. The van der Waals surface area contributed by atoms with E-state index in [0.717, 1.165) is 55.6 Å². The summed E-state index contributed by atoms with van der Waals surface area (Å²) in [5, 5.41) is 4.89. The Bertz CT molecular complexity index is 2000. The fourth-order valence-corrected chi connectivity index (χ4v) is 7.76. The van der Waals surface area contributed by atoms with Crippen LogP contribution in [0.15, 0.2) is 67.0 Å². The van der Waals surface area contributed by atoms with Gasteiger partial charge in [0.05, 0.1) is 16.6 Å². The molecule has 250 valence electrons. The summed E-state index contributed by atoms with van der Waals surface area (Å²) >= 11 is 0. The first-order chi connectivity index (χ1) is 23.4. The summed E-state index contributed by atoms with van der Waals surface area (Å²) in [6.07, 6.45) is 10.1. The molecule has 8 rings (SSSR count). The number of ether oxygens (including phenoxy) is 1. The van der Waals surface area contributed by atoms with Crippen LogP contribution in [0, 0.1) is 17.6 Å². The Morgan fingerprint density at radius 2 is 1.71 bits per heavy atom. The van der Waals surface area contributed by atoms with Gasteiger partial charge in [0.2, 0.25) is 0 Å². The van der Waals surface area contributed by atoms with Gasteiger partial charge < -0.3 is 10.1 Å². The monoisotopic (exact) mass is 650 g/mol. The maximum Gasteiger partial charge on any atom is 0.319 e. The Kier molecular flexibility index (Phi) is 8.81. The van der Waals surface area contributed by atoms with Crippen molar-refractivity contribution in [1.82, 2.24) is 24.8 Å². The van der Waals surface area contributed by atoms with Gasteiger partial charge in [-0.05, 0) is 67.8 Å². The van der Waals surface area contributed by atoms with Gasteiger partial charge in [0.1, 0.15) is 29.5 Å². The molecule has 0 saturated carbocycles. The Labute approximate surface area is 282 Å². The highest BCUT2D eigenvalue weighted by molar-refractivity contribution is 5.99. The normalized spacial score (nSPS) is 19.8. The zero-order chi connectivity index (χ0) is 33.4. The molecule has 0 spiro atoms. The Hall–Kier alpha value is -4.50. The van der Waals surface area contributed by atoms with Crippen LogP contribution in [0.2, 0.25) is 0 Å². The molecule has 2 atom stereocenters. The van der Waals surface area contributed by atoms with E-state index in [9.17, 15) is 0 Å². The van der Waals surface area contributed by atoms with Gasteiger partial charge in [-0.15, -0.1) is 0 Å². The van der Waals surface area contributed by atoms with Gasteiger partial charge in [0.15, 0.2) is 5.82 Å². The molecule has 9 heteroatoms. The van der Waals surface area contributed by atoms with Crippen LogP contribution in [-0.4, -0.2) is 56.6 Å². The topological polar surface area (TPSA) is 76.1 Å². The second-order valence-corrected chi connectivity index (χ2v) is 13.0. The number of halogens is 2. The van der Waals surface area contributed by atoms with E-state index in [1.165, 1.54) is 6.07 Å². The van der Waals surface area contributed by atoms with Gasteiger partial charge in [-0.3, -0.25) is 14.9 Å². The summed E-state index contributed by atoms with van der Waals surface area (Å²) in [4.78, 5) is 21.1. The number of allylic oxidation sites excluding steroid dienone is 1. The maximum atomic E-state index is 16.6. The van der Waals surface area contributed by atoms with Crippen LogP contribution in [0.1, 0.15) is 72.0 Å². The average molecular weight is 651 g/mol. The molecule has 2 saturated heterocycles.